The van der Waals surface area contributed by atoms with Crippen molar-refractivity contribution in [3.05, 3.63) is 60.2 Å². The highest BCUT2D eigenvalue weighted by atomic mass is 32.2. The van der Waals surface area contributed by atoms with Crippen molar-refractivity contribution in [1.82, 2.24) is 4.31 Å². The first-order valence-electron chi connectivity index (χ1n) is 8.29. The standard InChI is InChI=1S/C19H21NO4S/c1-15(21)16-9-11-19(12-10-16)25(22,23)20-13-5-8-18(14-20)24-17-6-3-2-4-7-17/h2-4,6-7,9-12,18H,5,8,13-14H2,1H3. The molecule has 1 heterocycles. The molecule has 0 bridgehead atoms. The zero-order valence-corrected chi connectivity index (χ0v) is 14.9. The number of carbonyl (C=O) groups is 1. The molecule has 25 heavy (non-hydrogen) atoms. The molecule has 5 nitrogen and oxygen atoms in total. The van der Waals surface area contributed by atoms with Crippen LogP contribution in [0.25, 0.3) is 0 Å². The van der Waals surface area contributed by atoms with Crippen LogP contribution in [0, 0.1) is 0 Å². The second-order valence-corrected chi connectivity index (χ2v) is 8.08. The molecule has 1 aliphatic rings. The summed E-state index contributed by atoms with van der Waals surface area (Å²) in [4.78, 5) is 11.6. The van der Waals surface area contributed by atoms with Gasteiger partial charge in [-0.3, -0.25) is 4.79 Å². The van der Waals surface area contributed by atoms with Crippen LogP contribution in [0.5, 0.6) is 5.75 Å². The highest BCUT2D eigenvalue weighted by Crippen LogP contribution is 2.24. The summed E-state index contributed by atoms with van der Waals surface area (Å²) in [7, 11) is -3.59. The van der Waals surface area contributed by atoms with Crippen LogP contribution in [0.1, 0.15) is 30.1 Å². The van der Waals surface area contributed by atoms with E-state index in [9.17, 15) is 13.2 Å². The van der Waals surface area contributed by atoms with E-state index in [2.05, 4.69) is 0 Å². The molecule has 1 saturated heterocycles. The third-order valence-electron chi connectivity index (χ3n) is 4.29. The minimum Gasteiger partial charge on any atom is -0.489 e. The molecule has 0 N–H and O–H groups in total. The third kappa shape index (κ3) is 4.08. The highest BCUT2D eigenvalue weighted by Gasteiger charge is 2.31. The van der Waals surface area contributed by atoms with Gasteiger partial charge in [-0.2, -0.15) is 4.31 Å². The average molecular weight is 359 g/mol. The Morgan fingerprint density at radius 1 is 1.08 bits per heavy atom. The van der Waals surface area contributed by atoms with E-state index in [4.69, 9.17) is 4.74 Å². The lowest BCUT2D eigenvalue weighted by Crippen LogP contribution is -2.44. The summed E-state index contributed by atoms with van der Waals surface area (Å²) in [5.74, 6) is 0.663. The molecule has 2 aromatic carbocycles. The number of hydrogen-bond donors (Lipinski definition) is 0. The summed E-state index contributed by atoms with van der Waals surface area (Å²) in [6.45, 7) is 2.26. The van der Waals surface area contributed by atoms with Crippen molar-refractivity contribution in [2.24, 2.45) is 0 Å². The lowest BCUT2D eigenvalue weighted by atomic mass is 10.1. The number of rotatable bonds is 5. The summed E-state index contributed by atoms with van der Waals surface area (Å²) < 4.78 is 33.1. The van der Waals surface area contributed by atoms with Gasteiger partial charge in [-0.25, -0.2) is 8.42 Å². The van der Waals surface area contributed by atoms with Crippen LogP contribution in [0.3, 0.4) is 0 Å². The van der Waals surface area contributed by atoms with Gasteiger partial charge in [0.05, 0.1) is 11.4 Å². The Morgan fingerprint density at radius 2 is 1.76 bits per heavy atom. The van der Waals surface area contributed by atoms with E-state index in [1.807, 2.05) is 30.3 Å². The van der Waals surface area contributed by atoms with E-state index >= 15 is 0 Å². The van der Waals surface area contributed by atoms with Crippen LogP contribution in [0.2, 0.25) is 0 Å². The number of ether oxygens (including phenoxy) is 1. The maximum absolute atomic E-state index is 12.9. The van der Waals surface area contributed by atoms with E-state index in [1.165, 1.54) is 23.4 Å². The molecule has 132 valence electrons. The zero-order valence-electron chi connectivity index (χ0n) is 14.1. The Morgan fingerprint density at radius 3 is 2.40 bits per heavy atom. The minimum atomic E-state index is -3.59. The number of para-hydroxylation sites is 1. The van der Waals surface area contributed by atoms with Crippen molar-refractivity contribution in [2.45, 2.75) is 30.8 Å². The number of carbonyl (C=O) groups excluding carboxylic acids is 1. The van der Waals surface area contributed by atoms with Crippen molar-refractivity contribution in [3.63, 3.8) is 0 Å². The van der Waals surface area contributed by atoms with Crippen LogP contribution in [-0.2, 0) is 10.0 Å². The summed E-state index contributed by atoms with van der Waals surface area (Å²) >= 11 is 0. The molecule has 0 spiro atoms. The van der Waals surface area contributed by atoms with Crippen molar-refractivity contribution in [1.29, 1.82) is 0 Å². The van der Waals surface area contributed by atoms with Crippen LogP contribution in [0.4, 0.5) is 0 Å². The Kier molecular flexibility index (Phi) is 5.20. The molecule has 0 amide bonds. The number of piperidine rings is 1. The fourth-order valence-electron chi connectivity index (χ4n) is 2.92. The Hall–Kier alpha value is -2.18. The number of benzene rings is 2. The molecule has 6 heteroatoms. The summed E-state index contributed by atoms with van der Waals surface area (Å²) in [5, 5.41) is 0. The van der Waals surface area contributed by atoms with Crippen LogP contribution < -0.4 is 4.74 Å². The number of ketones is 1. The van der Waals surface area contributed by atoms with Crippen molar-refractivity contribution < 1.29 is 17.9 Å². The molecule has 0 aromatic heterocycles. The average Bonchev–Trinajstić information content (AvgIpc) is 2.63. The van der Waals surface area contributed by atoms with Crippen LogP contribution >= 0.6 is 0 Å². The van der Waals surface area contributed by atoms with Gasteiger partial charge >= 0.3 is 0 Å². The van der Waals surface area contributed by atoms with Gasteiger partial charge in [0.2, 0.25) is 10.0 Å². The molecule has 0 radical (unpaired) electrons. The molecule has 1 atom stereocenters. The predicted octanol–water partition coefficient (Wildman–Crippen LogP) is 3.12. The first-order valence-corrected chi connectivity index (χ1v) is 9.74. The fraction of sp³-hybridized carbons (Fsp3) is 0.316. The monoisotopic (exact) mass is 359 g/mol. The van der Waals surface area contributed by atoms with Gasteiger partial charge in [0.25, 0.3) is 0 Å². The van der Waals surface area contributed by atoms with Gasteiger partial charge in [0, 0.05) is 12.1 Å². The molecule has 2 aromatic rings. The second kappa shape index (κ2) is 7.37. The highest BCUT2D eigenvalue weighted by molar-refractivity contribution is 7.89. The van der Waals surface area contributed by atoms with E-state index in [0.29, 0.717) is 18.7 Å². The smallest absolute Gasteiger partial charge is 0.243 e. The molecule has 1 aliphatic heterocycles. The van der Waals surface area contributed by atoms with Gasteiger partial charge in [-0.05, 0) is 44.0 Å². The molecule has 1 unspecified atom stereocenters. The van der Waals surface area contributed by atoms with Gasteiger partial charge in [-0.1, -0.05) is 30.3 Å². The summed E-state index contributed by atoms with van der Waals surface area (Å²) in [6.07, 6.45) is 1.41. The topological polar surface area (TPSA) is 63.7 Å². The van der Waals surface area contributed by atoms with Gasteiger partial charge < -0.3 is 4.74 Å². The molecular formula is C19H21NO4S. The molecular weight excluding hydrogens is 338 g/mol. The zero-order chi connectivity index (χ0) is 17.9. The lowest BCUT2D eigenvalue weighted by Gasteiger charge is -2.32. The Bertz CT molecular complexity index is 831. The van der Waals surface area contributed by atoms with Crippen molar-refractivity contribution >= 4 is 15.8 Å². The Balaban J connectivity index is 1.74. The largest absolute Gasteiger partial charge is 0.489 e. The Labute approximate surface area is 148 Å². The normalized spacial score (nSPS) is 18.7. The van der Waals surface area contributed by atoms with E-state index < -0.39 is 10.0 Å². The number of sulfonamides is 1. The van der Waals surface area contributed by atoms with Gasteiger partial charge in [0.15, 0.2) is 5.78 Å². The number of Topliss-reactive ketones (excluding diaryl/α,β-unsaturated/α-hetero) is 1. The fourth-order valence-corrected chi connectivity index (χ4v) is 4.43. The maximum atomic E-state index is 12.9. The maximum Gasteiger partial charge on any atom is 0.243 e. The number of hydrogen-bond acceptors (Lipinski definition) is 4. The molecule has 0 saturated carbocycles. The summed E-state index contributed by atoms with van der Waals surface area (Å²) in [6, 6.07) is 15.5. The van der Waals surface area contributed by atoms with Crippen molar-refractivity contribution in [3.8, 4) is 5.75 Å². The predicted molar refractivity (Wildman–Crippen MR) is 95.3 cm³/mol. The summed E-state index contributed by atoms with van der Waals surface area (Å²) in [5.41, 5.74) is 0.503. The second-order valence-electron chi connectivity index (χ2n) is 6.14. The van der Waals surface area contributed by atoms with Gasteiger partial charge in [-0.15, -0.1) is 0 Å². The SMILES string of the molecule is CC(=O)c1ccc(S(=O)(=O)N2CCCC(Oc3ccccc3)C2)cc1. The minimum absolute atomic E-state index is 0.0850. The van der Waals surface area contributed by atoms with Crippen LogP contribution in [-0.4, -0.2) is 37.7 Å². The number of nitrogens with zero attached hydrogens (tertiary/aromatic N) is 1. The van der Waals surface area contributed by atoms with Crippen molar-refractivity contribution in [2.75, 3.05) is 13.1 Å². The van der Waals surface area contributed by atoms with E-state index in [-0.39, 0.29) is 16.8 Å². The third-order valence-corrected chi connectivity index (χ3v) is 6.16. The van der Waals surface area contributed by atoms with Gasteiger partial charge in [0.1, 0.15) is 11.9 Å². The van der Waals surface area contributed by atoms with E-state index in [0.717, 1.165) is 18.6 Å². The molecule has 1 fully saturated rings. The first-order chi connectivity index (χ1) is 12.0. The molecule has 3 rings (SSSR count). The first kappa shape index (κ1) is 17.6. The van der Waals surface area contributed by atoms with E-state index in [1.54, 1.807) is 12.1 Å². The quantitative estimate of drug-likeness (QED) is 0.770. The lowest BCUT2D eigenvalue weighted by molar-refractivity contribution is 0.101. The molecule has 0 aliphatic carbocycles. The van der Waals surface area contributed by atoms with Crippen LogP contribution in [0.15, 0.2) is 59.5 Å².